The van der Waals surface area contributed by atoms with Crippen molar-refractivity contribution in [2.75, 3.05) is 0 Å². The number of Topliss-reactive ketones (excluding diaryl/α,β-unsaturated/α-hetero) is 2. The molecule has 2 nitrogen and oxygen atoms in total. The van der Waals surface area contributed by atoms with Gasteiger partial charge in [-0.15, -0.1) is 0 Å². The zero-order valence-electron chi connectivity index (χ0n) is 10.3. The quantitative estimate of drug-likeness (QED) is 0.725. The first-order valence-corrected chi connectivity index (χ1v) is 5.56. The Balaban J connectivity index is 2.97. The second-order valence-electron chi connectivity index (χ2n) is 4.61. The molecule has 0 aromatic heterocycles. The minimum Gasteiger partial charge on any atom is -0.295 e. The maximum atomic E-state index is 11.8. The summed E-state index contributed by atoms with van der Waals surface area (Å²) in [6, 6.07) is 5.29. The summed E-state index contributed by atoms with van der Waals surface area (Å²) in [5, 5.41) is 0. The largest absolute Gasteiger partial charge is 0.295 e. The standard InChI is InChI=1S/C14H18O2/c1-9(2)7-14(16)12-5-6-13(11(4)15)10(3)8-12/h5-6,8-9H,7H2,1-4H3. The summed E-state index contributed by atoms with van der Waals surface area (Å²) in [4.78, 5) is 23.0. The van der Waals surface area contributed by atoms with Crippen LogP contribution in [0.4, 0.5) is 0 Å². The van der Waals surface area contributed by atoms with Gasteiger partial charge in [-0.1, -0.05) is 26.0 Å². The van der Waals surface area contributed by atoms with Crippen LogP contribution in [-0.4, -0.2) is 11.6 Å². The predicted octanol–water partition coefficient (Wildman–Crippen LogP) is 3.43. The van der Waals surface area contributed by atoms with Gasteiger partial charge >= 0.3 is 0 Å². The van der Waals surface area contributed by atoms with Crippen LogP contribution in [0.1, 0.15) is 53.5 Å². The Morgan fingerprint density at radius 2 is 1.88 bits per heavy atom. The number of ketones is 2. The number of carbonyl (C=O) groups is 2. The molecule has 0 bridgehead atoms. The van der Waals surface area contributed by atoms with E-state index in [2.05, 4.69) is 0 Å². The van der Waals surface area contributed by atoms with E-state index >= 15 is 0 Å². The summed E-state index contributed by atoms with van der Waals surface area (Å²) in [7, 11) is 0. The lowest BCUT2D eigenvalue weighted by Crippen LogP contribution is -2.05. The minimum atomic E-state index is 0.0420. The van der Waals surface area contributed by atoms with E-state index in [1.807, 2.05) is 20.8 Å². The fraction of sp³-hybridized carbons (Fsp3) is 0.429. The van der Waals surface area contributed by atoms with Crippen molar-refractivity contribution >= 4 is 11.6 Å². The summed E-state index contributed by atoms with van der Waals surface area (Å²) in [6.07, 6.45) is 0.554. The van der Waals surface area contributed by atoms with Crippen molar-refractivity contribution in [3.63, 3.8) is 0 Å². The molecule has 0 radical (unpaired) electrons. The zero-order valence-corrected chi connectivity index (χ0v) is 10.3. The Kier molecular flexibility index (Phi) is 3.99. The first-order valence-electron chi connectivity index (χ1n) is 5.56. The third-order valence-electron chi connectivity index (χ3n) is 2.52. The lowest BCUT2D eigenvalue weighted by Gasteiger charge is -2.07. The molecule has 0 aliphatic carbocycles. The van der Waals surface area contributed by atoms with Crippen LogP contribution in [0, 0.1) is 12.8 Å². The molecule has 0 spiro atoms. The Labute approximate surface area is 96.7 Å². The van der Waals surface area contributed by atoms with Crippen molar-refractivity contribution in [2.45, 2.75) is 34.1 Å². The molecule has 0 aliphatic heterocycles. The van der Waals surface area contributed by atoms with E-state index in [9.17, 15) is 9.59 Å². The van der Waals surface area contributed by atoms with Gasteiger partial charge in [0.15, 0.2) is 11.6 Å². The lowest BCUT2D eigenvalue weighted by molar-refractivity contribution is 0.0964. The van der Waals surface area contributed by atoms with Gasteiger partial charge < -0.3 is 0 Å². The molecule has 0 fully saturated rings. The van der Waals surface area contributed by atoms with Gasteiger partial charge in [-0.3, -0.25) is 9.59 Å². The first-order chi connectivity index (χ1) is 7.41. The SMILES string of the molecule is CC(=O)c1ccc(C(=O)CC(C)C)cc1C. The summed E-state index contributed by atoms with van der Waals surface area (Å²) >= 11 is 0. The van der Waals surface area contributed by atoms with Gasteiger partial charge in [0.05, 0.1) is 0 Å². The maximum Gasteiger partial charge on any atom is 0.163 e. The molecule has 2 heteroatoms. The number of hydrogen-bond donors (Lipinski definition) is 0. The van der Waals surface area contributed by atoms with E-state index in [0.29, 0.717) is 23.5 Å². The second kappa shape index (κ2) is 5.06. The highest BCUT2D eigenvalue weighted by Gasteiger charge is 2.11. The van der Waals surface area contributed by atoms with Crippen molar-refractivity contribution in [3.05, 3.63) is 34.9 Å². The third-order valence-corrected chi connectivity index (χ3v) is 2.52. The lowest BCUT2D eigenvalue weighted by atomic mass is 9.97. The Hall–Kier alpha value is -1.44. The average molecular weight is 218 g/mol. The summed E-state index contributed by atoms with van der Waals surface area (Å²) in [6.45, 7) is 7.45. The number of benzene rings is 1. The van der Waals surface area contributed by atoms with Crippen molar-refractivity contribution in [1.82, 2.24) is 0 Å². The van der Waals surface area contributed by atoms with E-state index < -0.39 is 0 Å². The smallest absolute Gasteiger partial charge is 0.163 e. The van der Waals surface area contributed by atoms with Gasteiger partial charge in [0.2, 0.25) is 0 Å². The predicted molar refractivity (Wildman–Crippen MR) is 65.0 cm³/mol. The molecule has 0 unspecified atom stereocenters. The molecule has 0 saturated heterocycles. The van der Waals surface area contributed by atoms with Crippen LogP contribution in [-0.2, 0) is 0 Å². The van der Waals surface area contributed by atoms with Gasteiger partial charge in [0.1, 0.15) is 0 Å². The minimum absolute atomic E-state index is 0.0420. The van der Waals surface area contributed by atoms with Crippen molar-refractivity contribution in [1.29, 1.82) is 0 Å². The van der Waals surface area contributed by atoms with Crippen LogP contribution in [0.2, 0.25) is 0 Å². The van der Waals surface area contributed by atoms with Gasteiger partial charge in [0, 0.05) is 17.5 Å². The van der Waals surface area contributed by atoms with E-state index in [1.54, 1.807) is 18.2 Å². The summed E-state index contributed by atoms with van der Waals surface area (Å²) in [5.41, 5.74) is 2.28. The highest BCUT2D eigenvalue weighted by Crippen LogP contribution is 2.15. The summed E-state index contributed by atoms with van der Waals surface area (Å²) < 4.78 is 0. The third kappa shape index (κ3) is 3.02. The second-order valence-corrected chi connectivity index (χ2v) is 4.61. The molecular weight excluding hydrogens is 200 g/mol. The Bertz CT molecular complexity index is 417. The molecule has 0 atom stereocenters. The number of rotatable bonds is 4. The molecule has 0 N–H and O–H groups in total. The van der Waals surface area contributed by atoms with Crippen molar-refractivity contribution < 1.29 is 9.59 Å². The van der Waals surface area contributed by atoms with Crippen molar-refractivity contribution in [3.8, 4) is 0 Å². The highest BCUT2D eigenvalue weighted by atomic mass is 16.1. The van der Waals surface area contributed by atoms with E-state index in [4.69, 9.17) is 0 Å². The van der Waals surface area contributed by atoms with Gasteiger partial charge in [-0.05, 0) is 31.4 Å². The number of aryl methyl sites for hydroxylation is 1. The van der Waals surface area contributed by atoms with E-state index in [0.717, 1.165) is 5.56 Å². The van der Waals surface area contributed by atoms with Crippen LogP contribution in [0.25, 0.3) is 0 Å². The van der Waals surface area contributed by atoms with E-state index in [1.165, 1.54) is 6.92 Å². The zero-order chi connectivity index (χ0) is 12.3. The molecular formula is C14H18O2. The van der Waals surface area contributed by atoms with Crippen LogP contribution in [0.15, 0.2) is 18.2 Å². The normalized spacial score (nSPS) is 10.6. The highest BCUT2D eigenvalue weighted by molar-refractivity contribution is 5.99. The topological polar surface area (TPSA) is 34.1 Å². The average Bonchev–Trinajstić information content (AvgIpc) is 2.15. The Morgan fingerprint density at radius 1 is 1.25 bits per heavy atom. The molecule has 1 rings (SSSR count). The van der Waals surface area contributed by atoms with E-state index in [-0.39, 0.29) is 11.6 Å². The fourth-order valence-corrected chi connectivity index (χ4v) is 1.72. The van der Waals surface area contributed by atoms with Gasteiger partial charge in [0.25, 0.3) is 0 Å². The van der Waals surface area contributed by atoms with Crippen molar-refractivity contribution in [2.24, 2.45) is 5.92 Å². The van der Waals surface area contributed by atoms with Gasteiger partial charge in [-0.2, -0.15) is 0 Å². The van der Waals surface area contributed by atoms with Crippen LogP contribution in [0.5, 0.6) is 0 Å². The van der Waals surface area contributed by atoms with Gasteiger partial charge in [-0.25, -0.2) is 0 Å². The van der Waals surface area contributed by atoms with Crippen LogP contribution < -0.4 is 0 Å². The molecule has 0 amide bonds. The Morgan fingerprint density at radius 3 is 2.31 bits per heavy atom. The van der Waals surface area contributed by atoms with Crippen LogP contribution >= 0.6 is 0 Å². The first kappa shape index (κ1) is 12.6. The molecule has 86 valence electrons. The number of hydrogen-bond acceptors (Lipinski definition) is 2. The molecule has 0 aliphatic rings. The molecule has 1 aromatic carbocycles. The maximum absolute atomic E-state index is 11.8. The monoisotopic (exact) mass is 218 g/mol. The fourth-order valence-electron chi connectivity index (χ4n) is 1.72. The number of carbonyl (C=O) groups excluding carboxylic acids is 2. The molecule has 1 aromatic rings. The summed E-state index contributed by atoms with van der Waals surface area (Å²) in [5.74, 6) is 0.550. The molecule has 0 saturated carbocycles. The molecule has 16 heavy (non-hydrogen) atoms. The molecule has 0 heterocycles. The van der Waals surface area contributed by atoms with Crippen LogP contribution in [0.3, 0.4) is 0 Å².